The molecule has 0 aliphatic carbocycles. The van der Waals surface area contributed by atoms with Crippen molar-refractivity contribution in [3.8, 4) is 0 Å². The summed E-state index contributed by atoms with van der Waals surface area (Å²) in [6.45, 7) is 5.42. The summed E-state index contributed by atoms with van der Waals surface area (Å²) in [6, 6.07) is 0. The molecule has 1 rings (SSSR count). The second-order valence-electron chi connectivity index (χ2n) is 4.35. The van der Waals surface area contributed by atoms with E-state index < -0.39 is 0 Å². The van der Waals surface area contributed by atoms with Crippen molar-refractivity contribution in [2.75, 3.05) is 39.4 Å². The van der Waals surface area contributed by atoms with E-state index in [0.29, 0.717) is 13.2 Å². The number of likely N-dealkylation sites (tertiary alicyclic amines) is 1. The lowest BCUT2D eigenvalue weighted by molar-refractivity contribution is -0.133. The van der Waals surface area contributed by atoms with E-state index in [-0.39, 0.29) is 18.6 Å². The number of piperidine rings is 1. The zero-order valence-electron chi connectivity index (χ0n) is 10.7. The van der Waals surface area contributed by atoms with E-state index in [9.17, 15) is 4.79 Å². The highest BCUT2D eigenvalue weighted by molar-refractivity contribution is 5.78. The van der Waals surface area contributed by atoms with Crippen LogP contribution < -0.4 is 5.32 Å². The predicted octanol–water partition coefficient (Wildman–Crippen LogP) is -0.0141. The quantitative estimate of drug-likeness (QED) is 0.618. The van der Waals surface area contributed by atoms with Crippen molar-refractivity contribution in [2.24, 2.45) is 0 Å². The van der Waals surface area contributed by atoms with Crippen LogP contribution >= 0.6 is 0 Å². The maximum absolute atomic E-state index is 11.8. The Labute approximate surface area is 103 Å². The fraction of sp³-hybridized carbons (Fsp3) is 0.917. The number of carbonyl (C=O) groups excluding carboxylic acids is 1. The molecule has 17 heavy (non-hydrogen) atoms. The van der Waals surface area contributed by atoms with Crippen LogP contribution in [-0.2, 0) is 9.53 Å². The van der Waals surface area contributed by atoms with E-state index >= 15 is 0 Å². The molecular formula is C12H24N2O3. The highest BCUT2D eigenvalue weighted by Crippen LogP contribution is 2.13. The standard InChI is InChI=1S/C12H24N2O3/c1-2-5-13-10-12(16)14-6-3-11(4-7-14)17-9-8-15/h11,13,15H,2-10H2,1H3. The van der Waals surface area contributed by atoms with Gasteiger partial charge in [0.15, 0.2) is 0 Å². The minimum absolute atomic E-state index is 0.0695. The molecule has 1 heterocycles. The number of nitrogens with zero attached hydrogens (tertiary/aromatic N) is 1. The Morgan fingerprint density at radius 3 is 2.76 bits per heavy atom. The van der Waals surface area contributed by atoms with Gasteiger partial charge in [0, 0.05) is 13.1 Å². The smallest absolute Gasteiger partial charge is 0.236 e. The third kappa shape index (κ3) is 5.48. The van der Waals surface area contributed by atoms with Gasteiger partial charge in [-0.2, -0.15) is 0 Å². The highest BCUT2D eigenvalue weighted by Gasteiger charge is 2.22. The molecule has 2 N–H and O–H groups in total. The molecular weight excluding hydrogens is 220 g/mol. The SMILES string of the molecule is CCCNCC(=O)N1CCC(OCCO)CC1. The van der Waals surface area contributed by atoms with Gasteiger partial charge in [0.25, 0.3) is 0 Å². The molecule has 0 spiro atoms. The fourth-order valence-electron chi connectivity index (χ4n) is 1.98. The molecule has 100 valence electrons. The molecule has 1 saturated heterocycles. The number of amides is 1. The lowest BCUT2D eigenvalue weighted by Crippen LogP contribution is -2.44. The van der Waals surface area contributed by atoms with Crippen LogP contribution in [0.15, 0.2) is 0 Å². The third-order valence-electron chi connectivity index (χ3n) is 2.94. The van der Waals surface area contributed by atoms with E-state index in [1.807, 2.05) is 4.90 Å². The maximum Gasteiger partial charge on any atom is 0.236 e. The zero-order valence-corrected chi connectivity index (χ0v) is 10.7. The number of hydrogen-bond acceptors (Lipinski definition) is 4. The van der Waals surface area contributed by atoms with Crippen molar-refractivity contribution in [3.05, 3.63) is 0 Å². The highest BCUT2D eigenvalue weighted by atomic mass is 16.5. The van der Waals surface area contributed by atoms with Gasteiger partial charge in [0.2, 0.25) is 5.91 Å². The summed E-state index contributed by atoms with van der Waals surface area (Å²) in [5.41, 5.74) is 0. The Hall–Kier alpha value is -0.650. The lowest BCUT2D eigenvalue weighted by atomic mass is 10.1. The van der Waals surface area contributed by atoms with Gasteiger partial charge < -0.3 is 20.1 Å². The second kappa shape index (κ2) is 8.44. The van der Waals surface area contributed by atoms with E-state index in [4.69, 9.17) is 9.84 Å². The van der Waals surface area contributed by atoms with Crippen LogP contribution in [-0.4, -0.2) is 61.4 Å². The van der Waals surface area contributed by atoms with Crippen molar-refractivity contribution in [3.63, 3.8) is 0 Å². The van der Waals surface area contributed by atoms with E-state index in [2.05, 4.69) is 12.2 Å². The molecule has 1 fully saturated rings. The Bertz CT molecular complexity index is 216. The normalized spacial score (nSPS) is 17.4. The summed E-state index contributed by atoms with van der Waals surface area (Å²) in [7, 11) is 0. The molecule has 5 nitrogen and oxygen atoms in total. The van der Waals surface area contributed by atoms with Gasteiger partial charge in [-0.3, -0.25) is 4.79 Å². The monoisotopic (exact) mass is 244 g/mol. The Morgan fingerprint density at radius 1 is 1.47 bits per heavy atom. The van der Waals surface area contributed by atoms with Crippen molar-refractivity contribution in [1.29, 1.82) is 0 Å². The van der Waals surface area contributed by atoms with Gasteiger partial charge in [0.05, 0.1) is 25.9 Å². The summed E-state index contributed by atoms with van der Waals surface area (Å²) in [5.74, 6) is 0.180. The Kier molecular flexibility index (Phi) is 7.16. The summed E-state index contributed by atoms with van der Waals surface area (Å²) >= 11 is 0. The Balaban J connectivity index is 2.15. The number of aliphatic hydroxyl groups excluding tert-OH is 1. The molecule has 5 heteroatoms. The molecule has 0 radical (unpaired) electrons. The molecule has 0 aromatic carbocycles. The molecule has 0 aromatic rings. The molecule has 1 aliphatic heterocycles. The van der Waals surface area contributed by atoms with Crippen LogP contribution in [0.2, 0.25) is 0 Å². The first-order valence-electron chi connectivity index (χ1n) is 6.49. The van der Waals surface area contributed by atoms with Crippen molar-refractivity contribution >= 4 is 5.91 Å². The molecule has 0 aromatic heterocycles. The number of nitrogens with one attached hydrogen (secondary N) is 1. The van der Waals surface area contributed by atoms with Crippen LogP contribution in [0.3, 0.4) is 0 Å². The zero-order chi connectivity index (χ0) is 12.5. The first kappa shape index (κ1) is 14.4. The summed E-state index contributed by atoms with van der Waals surface area (Å²) in [6.07, 6.45) is 3.00. The van der Waals surface area contributed by atoms with Crippen LogP contribution in [0.1, 0.15) is 26.2 Å². The van der Waals surface area contributed by atoms with Gasteiger partial charge >= 0.3 is 0 Å². The van der Waals surface area contributed by atoms with E-state index in [0.717, 1.165) is 38.9 Å². The summed E-state index contributed by atoms with van der Waals surface area (Å²) in [4.78, 5) is 13.7. The van der Waals surface area contributed by atoms with E-state index in [1.165, 1.54) is 0 Å². The molecule has 0 saturated carbocycles. The van der Waals surface area contributed by atoms with Crippen molar-refractivity contribution in [2.45, 2.75) is 32.3 Å². The number of carbonyl (C=O) groups is 1. The molecule has 0 unspecified atom stereocenters. The first-order valence-corrected chi connectivity index (χ1v) is 6.49. The maximum atomic E-state index is 11.8. The molecule has 0 atom stereocenters. The summed E-state index contributed by atoms with van der Waals surface area (Å²) in [5, 5.41) is 11.8. The van der Waals surface area contributed by atoms with Gasteiger partial charge in [-0.05, 0) is 25.8 Å². The average molecular weight is 244 g/mol. The second-order valence-corrected chi connectivity index (χ2v) is 4.35. The van der Waals surface area contributed by atoms with Crippen molar-refractivity contribution < 1.29 is 14.6 Å². The largest absolute Gasteiger partial charge is 0.394 e. The number of ether oxygens (including phenoxy) is 1. The Morgan fingerprint density at radius 2 is 2.18 bits per heavy atom. The fourth-order valence-corrected chi connectivity index (χ4v) is 1.98. The van der Waals surface area contributed by atoms with Crippen LogP contribution in [0.25, 0.3) is 0 Å². The first-order chi connectivity index (χ1) is 8.27. The minimum atomic E-state index is 0.0695. The number of aliphatic hydroxyl groups is 1. The lowest BCUT2D eigenvalue weighted by Gasteiger charge is -2.32. The van der Waals surface area contributed by atoms with Crippen LogP contribution in [0.4, 0.5) is 0 Å². The molecule has 1 aliphatic rings. The topological polar surface area (TPSA) is 61.8 Å². The average Bonchev–Trinajstić information content (AvgIpc) is 2.37. The van der Waals surface area contributed by atoms with Crippen LogP contribution in [0.5, 0.6) is 0 Å². The van der Waals surface area contributed by atoms with E-state index in [1.54, 1.807) is 0 Å². The molecule has 1 amide bonds. The van der Waals surface area contributed by atoms with Gasteiger partial charge in [-0.15, -0.1) is 0 Å². The van der Waals surface area contributed by atoms with Gasteiger partial charge in [-0.1, -0.05) is 6.92 Å². The van der Waals surface area contributed by atoms with Crippen LogP contribution in [0, 0.1) is 0 Å². The van der Waals surface area contributed by atoms with Gasteiger partial charge in [0.1, 0.15) is 0 Å². The predicted molar refractivity (Wildman–Crippen MR) is 65.8 cm³/mol. The summed E-state index contributed by atoms with van der Waals surface area (Å²) < 4.78 is 5.46. The third-order valence-corrected chi connectivity index (χ3v) is 2.94. The number of hydrogen-bond donors (Lipinski definition) is 2. The minimum Gasteiger partial charge on any atom is -0.394 e. The van der Waals surface area contributed by atoms with Gasteiger partial charge in [-0.25, -0.2) is 0 Å². The molecule has 0 bridgehead atoms. The van der Waals surface area contributed by atoms with Crippen molar-refractivity contribution in [1.82, 2.24) is 10.2 Å². The number of rotatable bonds is 7.